The second-order valence-corrected chi connectivity index (χ2v) is 7.68. The first-order valence-corrected chi connectivity index (χ1v) is 10.1. The van der Waals surface area contributed by atoms with Crippen LogP contribution in [0.15, 0.2) is 73.1 Å². The molecule has 0 saturated carbocycles. The van der Waals surface area contributed by atoms with Gasteiger partial charge in [0.25, 0.3) is 0 Å². The van der Waals surface area contributed by atoms with Crippen molar-refractivity contribution in [3.63, 3.8) is 0 Å². The molecular formula is C24H26F3N2O3+. The van der Waals surface area contributed by atoms with Crippen molar-refractivity contribution in [3.8, 4) is 5.75 Å². The number of rotatable bonds is 9. The summed E-state index contributed by atoms with van der Waals surface area (Å²) in [7, 11) is 0. The lowest BCUT2D eigenvalue weighted by Crippen LogP contribution is -2.36. The van der Waals surface area contributed by atoms with E-state index in [4.69, 9.17) is 4.74 Å². The molecule has 0 spiro atoms. The number of aliphatic hydroxyl groups is 1. The van der Waals surface area contributed by atoms with E-state index in [0.717, 1.165) is 33.6 Å². The van der Waals surface area contributed by atoms with Gasteiger partial charge in [0.1, 0.15) is 18.5 Å². The number of ether oxygens (including phenoxy) is 1. The van der Waals surface area contributed by atoms with E-state index >= 15 is 0 Å². The maximum Gasteiger partial charge on any atom is 0.416 e. The Balaban J connectivity index is 1.64. The van der Waals surface area contributed by atoms with Crippen LogP contribution in [0, 0.1) is 6.92 Å². The van der Waals surface area contributed by atoms with Crippen LogP contribution in [0.5, 0.6) is 5.75 Å². The molecule has 1 unspecified atom stereocenters. The summed E-state index contributed by atoms with van der Waals surface area (Å²) in [5.41, 5.74) is 2.34. The van der Waals surface area contributed by atoms with Gasteiger partial charge in [-0.05, 0) is 48.4 Å². The van der Waals surface area contributed by atoms with Crippen LogP contribution in [0.2, 0.25) is 0 Å². The SMILES string of the molecule is Cc1ccccc1CN(Cc1ccc[n+](O)c1)CC(O)COc1ccc(C(F)(F)F)cc1. The molecule has 5 nitrogen and oxygen atoms in total. The molecule has 2 aromatic carbocycles. The van der Waals surface area contributed by atoms with Gasteiger partial charge in [-0.15, -0.1) is 0 Å². The average molecular weight is 447 g/mol. The first kappa shape index (κ1) is 23.6. The molecule has 3 rings (SSSR count). The topological polar surface area (TPSA) is 56.8 Å². The lowest BCUT2D eigenvalue weighted by Gasteiger charge is -2.25. The van der Waals surface area contributed by atoms with Crippen LogP contribution in [-0.4, -0.2) is 34.5 Å². The van der Waals surface area contributed by atoms with E-state index < -0.39 is 17.8 Å². The molecule has 0 aliphatic carbocycles. The molecular weight excluding hydrogens is 421 g/mol. The molecule has 3 aromatic rings. The second-order valence-electron chi connectivity index (χ2n) is 7.68. The Bertz CT molecular complexity index is 1010. The smallest absolute Gasteiger partial charge is 0.416 e. The molecule has 170 valence electrons. The number of hydrogen-bond acceptors (Lipinski definition) is 4. The minimum absolute atomic E-state index is 0.0651. The van der Waals surface area contributed by atoms with Crippen LogP contribution in [-0.2, 0) is 19.3 Å². The predicted octanol–water partition coefficient (Wildman–Crippen LogP) is 3.98. The Morgan fingerprint density at radius 1 is 1.00 bits per heavy atom. The van der Waals surface area contributed by atoms with Crippen molar-refractivity contribution in [2.24, 2.45) is 0 Å². The third kappa shape index (κ3) is 6.96. The van der Waals surface area contributed by atoms with Crippen molar-refractivity contribution in [1.82, 2.24) is 4.90 Å². The maximum atomic E-state index is 12.7. The second kappa shape index (κ2) is 10.5. The van der Waals surface area contributed by atoms with Gasteiger partial charge in [-0.2, -0.15) is 13.2 Å². The van der Waals surface area contributed by atoms with E-state index in [9.17, 15) is 23.5 Å². The van der Waals surface area contributed by atoms with Crippen molar-refractivity contribution >= 4 is 0 Å². The van der Waals surface area contributed by atoms with Crippen LogP contribution in [0.4, 0.5) is 13.2 Å². The Labute approximate surface area is 184 Å². The minimum Gasteiger partial charge on any atom is -0.491 e. The molecule has 0 amide bonds. The van der Waals surface area contributed by atoms with E-state index in [0.29, 0.717) is 13.1 Å². The molecule has 8 heteroatoms. The molecule has 32 heavy (non-hydrogen) atoms. The highest BCUT2D eigenvalue weighted by Gasteiger charge is 2.30. The molecule has 0 radical (unpaired) electrons. The lowest BCUT2D eigenvalue weighted by molar-refractivity contribution is -0.905. The Morgan fingerprint density at radius 3 is 2.38 bits per heavy atom. The van der Waals surface area contributed by atoms with E-state index in [1.54, 1.807) is 12.3 Å². The van der Waals surface area contributed by atoms with Gasteiger partial charge in [0.15, 0.2) is 0 Å². The molecule has 1 heterocycles. The highest BCUT2D eigenvalue weighted by atomic mass is 19.4. The quantitative estimate of drug-likeness (QED) is 0.385. The number of aliphatic hydroxyl groups excluding tert-OH is 1. The van der Waals surface area contributed by atoms with E-state index in [2.05, 4.69) is 0 Å². The highest BCUT2D eigenvalue weighted by molar-refractivity contribution is 5.29. The molecule has 2 N–H and O–H groups in total. The number of benzene rings is 2. The van der Waals surface area contributed by atoms with Gasteiger partial charge < -0.3 is 9.84 Å². The molecule has 0 aliphatic rings. The van der Waals surface area contributed by atoms with Crippen LogP contribution in [0.3, 0.4) is 0 Å². The summed E-state index contributed by atoms with van der Waals surface area (Å²) in [5.74, 6) is 0.256. The van der Waals surface area contributed by atoms with Gasteiger partial charge in [-0.25, -0.2) is 0 Å². The van der Waals surface area contributed by atoms with Gasteiger partial charge in [-0.1, -0.05) is 24.3 Å². The highest BCUT2D eigenvalue weighted by Crippen LogP contribution is 2.30. The molecule has 1 aromatic heterocycles. The van der Waals surface area contributed by atoms with Crippen LogP contribution in [0.1, 0.15) is 22.3 Å². The number of hydrogen-bond donors (Lipinski definition) is 2. The van der Waals surface area contributed by atoms with E-state index in [1.165, 1.54) is 18.3 Å². The third-order valence-electron chi connectivity index (χ3n) is 5.00. The van der Waals surface area contributed by atoms with Gasteiger partial charge in [0.05, 0.1) is 5.56 Å². The van der Waals surface area contributed by atoms with E-state index in [1.807, 2.05) is 42.2 Å². The fourth-order valence-corrected chi connectivity index (χ4v) is 3.36. The first-order valence-electron chi connectivity index (χ1n) is 10.1. The number of nitrogens with zero attached hydrogens (tertiary/aromatic N) is 2. The number of halogens is 3. The van der Waals surface area contributed by atoms with Crippen molar-refractivity contribution in [2.45, 2.75) is 32.3 Å². The number of aromatic nitrogens is 1. The Hall–Kier alpha value is -3.10. The summed E-state index contributed by atoms with van der Waals surface area (Å²) in [6.45, 7) is 3.28. The fourth-order valence-electron chi connectivity index (χ4n) is 3.36. The summed E-state index contributed by atoms with van der Waals surface area (Å²) >= 11 is 0. The first-order chi connectivity index (χ1) is 15.2. The van der Waals surface area contributed by atoms with Gasteiger partial charge >= 0.3 is 6.18 Å². The van der Waals surface area contributed by atoms with Gasteiger partial charge in [-0.3, -0.25) is 10.1 Å². The molecule has 0 saturated heterocycles. The normalized spacial score (nSPS) is 12.7. The summed E-state index contributed by atoms with van der Waals surface area (Å²) in [5, 5.41) is 20.2. The summed E-state index contributed by atoms with van der Waals surface area (Å²) in [6.07, 6.45) is -2.16. The summed E-state index contributed by atoms with van der Waals surface area (Å²) < 4.78 is 44.5. The van der Waals surface area contributed by atoms with E-state index in [-0.39, 0.29) is 18.9 Å². The molecule has 1 atom stereocenters. The van der Waals surface area contributed by atoms with Crippen molar-refractivity contribution in [3.05, 3.63) is 95.3 Å². The van der Waals surface area contributed by atoms with Crippen molar-refractivity contribution in [2.75, 3.05) is 13.2 Å². The van der Waals surface area contributed by atoms with Crippen molar-refractivity contribution < 1.29 is 33.0 Å². The molecule has 0 fully saturated rings. The van der Waals surface area contributed by atoms with Gasteiger partial charge in [0.2, 0.25) is 12.4 Å². The monoisotopic (exact) mass is 447 g/mol. The van der Waals surface area contributed by atoms with Crippen LogP contribution >= 0.6 is 0 Å². The summed E-state index contributed by atoms with van der Waals surface area (Å²) in [4.78, 5) is 2.03. The number of alkyl halides is 3. The predicted molar refractivity (Wildman–Crippen MR) is 112 cm³/mol. The van der Waals surface area contributed by atoms with Crippen LogP contribution < -0.4 is 9.47 Å². The largest absolute Gasteiger partial charge is 0.491 e. The Kier molecular flexibility index (Phi) is 7.71. The average Bonchev–Trinajstić information content (AvgIpc) is 2.73. The van der Waals surface area contributed by atoms with Gasteiger partial charge in [0, 0.05) is 36.0 Å². The zero-order chi connectivity index (χ0) is 23.1. The minimum atomic E-state index is -4.40. The maximum absolute atomic E-state index is 12.7. The molecule has 0 bridgehead atoms. The van der Waals surface area contributed by atoms with Crippen LogP contribution in [0.25, 0.3) is 0 Å². The standard InChI is InChI=1S/C24H26F3N2O3/c1-18-5-2-3-7-20(18)15-28(13-19-6-4-12-29(31)14-19)16-22(30)17-32-23-10-8-21(9-11-23)24(25,26)27/h2-12,14,22,30-31H,13,15-17H2,1H3/q+1. The fraction of sp³-hybridized carbons (Fsp3) is 0.292. The zero-order valence-electron chi connectivity index (χ0n) is 17.7. The Morgan fingerprint density at radius 2 is 1.72 bits per heavy atom. The molecule has 0 aliphatic heterocycles. The van der Waals surface area contributed by atoms with Crippen molar-refractivity contribution in [1.29, 1.82) is 0 Å². The number of pyridine rings is 1. The zero-order valence-corrected chi connectivity index (χ0v) is 17.7. The lowest BCUT2D eigenvalue weighted by atomic mass is 10.1. The number of aryl methyl sites for hydroxylation is 1. The summed E-state index contributed by atoms with van der Waals surface area (Å²) in [6, 6.07) is 15.9. The third-order valence-corrected chi connectivity index (χ3v) is 5.00.